The van der Waals surface area contributed by atoms with Crippen LogP contribution in [0.25, 0.3) is 0 Å². The van der Waals surface area contributed by atoms with Gasteiger partial charge in [-0.25, -0.2) is 8.42 Å². The molecule has 23 heavy (non-hydrogen) atoms. The van der Waals surface area contributed by atoms with E-state index >= 15 is 0 Å². The Hall–Kier alpha value is -1.60. The Labute approximate surface area is 136 Å². The molecule has 2 fully saturated rings. The van der Waals surface area contributed by atoms with Crippen LogP contribution in [0.5, 0.6) is 0 Å². The number of sulfonamides is 1. The van der Waals surface area contributed by atoms with Crippen LogP contribution in [0.15, 0.2) is 24.3 Å². The number of hydrogen-bond acceptors (Lipinski definition) is 4. The van der Waals surface area contributed by atoms with Gasteiger partial charge in [-0.05, 0) is 43.9 Å². The summed E-state index contributed by atoms with van der Waals surface area (Å²) >= 11 is 0. The van der Waals surface area contributed by atoms with Gasteiger partial charge in [-0.1, -0.05) is 6.07 Å². The fraction of sp³-hybridized carbons (Fsp3) is 0.562. The third-order valence-electron chi connectivity index (χ3n) is 4.26. The number of nitrogens with one attached hydrogen (secondary N) is 1. The number of hydrogen-bond donors (Lipinski definition) is 1. The van der Waals surface area contributed by atoms with Gasteiger partial charge in [0, 0.05) is 25.3 Å². The van der Waals surface area contributed by atoms with Crippen molar-refractivity contribution < 1.29 is 17.9 Å². The topological polar surface area (TPSA) is 75.7 Å². The highest BCUT2D eigenvalue weighted by Crippen LogP contribution is 2.24. The molecule has 0 spiro atoms. The Morgan fingerprint density at radius 2 is 2.17 bits per heavy atom. The number of carbonyl (C=O) groups is 1. The Kier molecular flexibility index (Phi) is 4.87. The molecule has 0 radical (unpaired) electrons. The van der Waals surface area contributed by atoms with Crippen LogP contribution < -0.4 is 9.62 Å². The summed E-state index contributed by atoms with van der Waals surface area (Å²) in [6, 6.07) is 6.80. The van der Waals surface area contributed by atoms with E-state index in [1.54, 1.807) is 24.3 Å². The summed E-state index contributed by atoms with van der Waals surface area (Å²) in [4.78, 5) is 12.3. The van der Waals surface area contributed by atoms with Gasteiger partial charge in [-0.3, -0.25) is 9.10 Å². The van der Waals surface area contributed by atoms with Crippen LogP contribution in [0.4, 0.5) is 5.69 Å². The zero-order valence-electron chi connectivity index (χ0n) is 13.0. The number of benzene rings is 1. The van der Waals surface area contributed by atoms with Crippen molar-refractivity contribution in [2.45, 2.75) is 31.8 Å². The van der Waals surface area contributed by atoms with Crippen LogP contribution in [0.1, 0.15) is 36.0 Å². The molecule has 0 saturated carbocycles. The van der Waals surface area contributed by atoms with Crippen LogP contribution in [0.3, 0.4) is 0 Å². The molecular weight excluding hydrogens is 316 g/mol. The fourth-order valence-electron chi connectivity index (χ4n) is 3.00. The van der Waals surface area contributed by atoms with Gasteiger partial charge in [0.05, 0.1) is 17.5 Å². The van der Waals surface area contributed by atoms with Gasteiger partial charge in [0.25, 0.3) is 5.91 Å². The lowest BCUT2D eigenvalue weighted by Crippen LogP contribution is -2.38. The number of ether oxygens (including phenoxy) is 1. The van der Waals surface area contributed by atoms with Crippen molar-refractivity contribution in [2.75, 3.05) is 29.8 Å². The lowest BCUT2D eigenvalue weighted by Gasteiger charge is -2.28. The van der Waals surface area contributed by atoms with Gasteiger partial charge in [0.15, 0.2) is 0 Å². The first-order valence-corrected chi connectivity index (χ1v) is 9.67. The maximum atomic E-state index is 12.3. The second-order valence-corrected chi connectivity index (χ2v) is 8.00. The van der Waals surface area contributed by atoms with Gasteiger partial charge in [-0.2, -0.15) is 0 Å². The zero-order valence-corrected chi connectivity index (χ0v) is 13.8. The summed E-state index contributed by atoms with van der Waals surface area (Å²) in [6.07, 6.45) is 3.62. The van der Waals surface area contributed by atoms with Crippen molar-refractivity contribution in [3.05, 3.63) is 29.8 Å². The van der Waals surface area contributed by atoms with Crippen LogP contribution in [-0.2, 0) is 14.8 Å². The summed E-state index contributed by atoms with van der Waals surface area (Å²) in [5.74, 6) is -0.0284. The molecule has 2 aliphatic heterocycles. The van der Waals surface area contributed by atoms with Crippen molar-refractivity contribution in [3.63, 3.8) is 0 Å². The van der Waals surface area contributed by atoms with Gasteiger partial charge >= 0.3 is 0 Å². The second-order valence-electron chi connectivity index (χ2n) is 5.99. The Morgan fingerprint density at radius 1 is 1.30 bits per heavy atom. The summed E-state index contributed by atoms with van der Waals surface area (Å²) in [6.45, 7) is 1.72. The number of rotatable bonds is 4. The predicted octanol–water partition coefficient (Wildman–Crippen LogP) is 1.53. The molecule has 2 aliphatic rings. The summed E-state index contributed by atoms with van der Waals surface area (Å²) in [5.41, 5.74) is 1.04. The Morgan fingerprint density at radius 3 is 2.91 bits per heavy atom. The first-order valence-electron chi connectivity index (χ1n) is 8.06. The van der Waals surface area contributed by atoms with Crippen LogP contribution in [-0.4, -0.2) is 45.9 Å². The highest BCUT2D eigenvalue weighted by atomic mass is 32.2. The average molecular weight is 338 g/mol. The Bertz CT molecular complexity index is 668. The van der Waals surface area contributed by atoms with Crippen molar-refractivity contribution in [1.82, 2.24) is 5.32 Å². The van der Waals surface area contributed by atoms with Crippen LogP contribution in [0.2, 0.25) is 0 Å². The second kappa shape index (κ2) is 6.88. The molecule has 2 heterocycles. The van der Waals surface area contributed by atoms with E-state index in [1.165, 1.54) is 4.31 Å². The van der Waals surface area contributed by atoms with Gasteiger partial charge in [-0.15, -0.1) is 0 Å². The summed E-state index contributed by atoms with van der Waals surface area (Å²) in [5, 5.41) is 2.86. The summed E-state index contributed by atoms with van der Waals surface area (Å²) in [7, 11) is -3.26. The molecular formula is C16H22N2O4S. The fourth-order valence-corrected chi connectivity index (χ4v) is 4.63. The molecule has 1 amide bonds. The largest absolute Gasteiger partial charge is 0.376 e. The van der Waals surface area contributed by atoms with E-state index < -0.39 is 10.0 Å². The molecule has 1 atom stereocenters. The van der Waals surface area contributed by atoms with E-state index in [1.807, 2.05) is 0 Å². The molecule has 1 aromatic rings. The van der Waals surface area contributed by atoms with Crippen LogP contribution >= 0.6 is 0 Å². The van der Waals surface area contributed by atoms with E-state index in [9.17, 15) is 13.2 Å². The smallest absolute Gasteiger partial charge is 0.251 e. The lowest BCUT2D eigenvalue weighted by atomic mass is 10.1. The van der Waals surface area contributed by atoms with Gasteiger partial charge < -0.3 is 10.1 Å². The molecule has 3 rings (SSSR count). The summed E-state index contributed by atoms with van der Waals surface area (Å²) < 4.78 is 31.2. The third kappa shape index (κ3) is 3.84. The molecule has 0 aliphatic carbocycles. The molecule has 126 valence electrons. The van der Waals surface area contributed by atoms with Crippen LogP contribution in [0, 0.1) is 0 Å². The molecule has 2 saturated heterocycles. The monoisotopic (exact) mass is 338 g/mol. The minimum absolute atomic E-state index is 0.0876. The molecule has 7 heteroatoms. The lowest BCUT2D eigenvalue weighted by molar-refractivity contribution is 0.0858. The van der Waals surface area contributed by atoms with Crippen molar-refractivity contribution in [1.29, 1.82) is 0 Å². The SMILES string of the molecule is O=C(NC[C@@H]1CCCO1)c1cccc(N2CCCCS2(=O)=O)c1. The van der Waals surface area contributed by atoms with E-state index in [0.29, 0.717) is 30.8 Å². The highest BCUT2D eigenvalue weighted by molar-refractivity contribution is 7.92. The first kappa shape index (κ1) is 16.3. The van der Waals surface area contributed by atoms with Crippen molar-refractivity contribution in [3.8, 4) is 0 Å². The minimum Gasteiger partial charge on any atom is -0.376 e. The average Bonchev–Trinajstić information content (AvgIpc) is 3.06. The van der Waals surface area contributed by atoms with E-state index in [0.717, 1.165) is 25.9 Å². The van der Waals surface area contributed by atoms with E-state index in [2.05, 4.69) is 5.32 Å². The van der Waals surface area contributed by atoms with E-state index in [4.69, 9.17) is 4.74 Å². The minimum atomic E-state index is -3.26. The number of anilines is 1. The number of amides is 1. The first-order chi connectivity index (χ1) is 11.1. The number of carbonyl (C=O) groups excluding carboxylic acids is 1. The number of nitrogens with zero attached hydrogens (tertiary/aromatic N) is 1. The highest BCUT2D eigenvalue weighted by Gasteiger charge is 2.26. The predicted molar refractivity (Wildman–Crippen MR) is 88.1 cm³/mol. The standard InChI is InChI=1S/C16H22N2O4S/c19-16(17-12-15-7-4-9-22-15)13-5-3-6-14(11-13)18-8-1-2-10-23(18,20)21/h3,5-6,11,15H,1-2,4,7-10,12H2,(H,17,19)/t15-/m0/s1. The third-order valence-corrected chi connectivity index (χ3v) is 6.13. The molecule has 1 N–H and O–H groups in total. The quantitative estimate of drug-likeness (QED) is 0.903. The van der Waals surface area contributed by atoms with Gasteiger partial charge in [0.2, 0.25) is 10.0 Å². The zero-order chi connectivity index (χ0) is 16.3. The Balaban J connectivity index is 1.70. The molecule has 0 aromatic heterocycles. The molecule has 6 nitrogen and oxygen atoms in total. The molecule has 0 bridgehead atoms. The molecule has 1 aromatic carbocycles. The van der Waals surface area contributed by atoms with Crippen molar-refractivity contribution in [2.24, 2.45) is 0 Å². The van der Waals surface area contributed by atoms with E-state index in [-0.39, 0.29) is 17.8 Å². The normalized spacial score (nSPS) is 23.7. The molecule has 0 unspecified atom stereocenters. The maximum Gasteiger partial charge on any atom is 0.251 e. The van der Waals surface area contributed by atoms with Crippen molar-refractivity contribution >= 4 is 21.6 Å². The maximum absolute atomic E-state index is 12.3. The van der Waals surface area contributed by atoms with Gasteiger partial charge in [0.1, 0.15) is 0 Å².